The van der Waals surface area contributed by atoms with Crippen molar-refractivity contribution < 1.29 is 18.0 Å². The molecule has 2 rings (SSSR count). The molecule has 0 radical (unpaired) electrons. The average molecular weight is 349 g/mol. The van der Waals surface area contributed by atoms with Gasteiger partial charge in [-0.25, -0.2) is 0 Å². The molecule has 1 N–H and O–H groups in total. The summed E-state index contributed by atoms with van der Waals surface area (Å²) in [6, 6.07) is 6.48. The minimum atomic E-state index is -4.20. The Morgan fingerprint density at radius 3 is 2.65 bits per heavy atom. The number of piperidine rings is 1. The fraction of sp³-hybridized carbons (Fsp3) is 0.562. The standard InChI is InChI=1S/C16H20ClF3N2O/c1-11(22-8-2-3-13(10-22)16(18,19)20)15(23)21-9-12-4-6-14(17)7-5-12/h4-7,11,13H,2-3,8-10H2,1H3,(H,21,23)/t11-,13-/m0/s1. The molecule has 2 atom stereocenters. The number of rotatable bonds is 4. The Bertz CT molecular complexity index is 533. The highest BCUT2D eigenvalue weighted by Gasteiger charge is 2.43. The zero-order valence-electron chi connectivity index (χ0n) is 12.9. The molecule has 23 heavy (non-hydrogen) atoms. The van der Waals surface area contributed by atoms with Gasteiger partial charge in [-0.15, -0.1) is 0 Å². The second-order valence-corrected chi connectivity index (χ2v) is 6.33. The van der Waals surface area contributed by atoms with Gasteiger partial charge in [0.2, 0.25) is 5.91 Å². The van der Waals surface area contributed by atoms with Crippen LogP contribution in [0.1, 0.15) is 25.3 Å². The summed E-state index contributed by atoms with van der Waals surface area (Å²) in [6.45, 7) is 2.38. The summed E-state index contributed by atoms with van der Waals surface area (Å²) in [6.07, 6.45) is -3.60. The molecule has 0 spiro atoms. The van der Waals surface area contributed by atoms with Crippen molar-refractivity contribution in [2.24, 2.45) is 5.92 Å². The van der Waals surface area contributed by atoms with Crippen LogP contribution < -0.4 is 5.32 Å². The predicted octanol–water partition coefficient (Wildman–Crippen LogP) is 3.62. The lowest BCUT2D eigenvalue weighted by atomic mass is 9.96. The van der Waals surface area contributed by atoms with E-state index in [0.29, 0.717) is 24.5 Å². The largest absolute Gasteiger partial charge is 0.393 e. The second kappa shape index (κ2) is 7.53. The number of alkyl halides is 3. The molecule has 128 valence electrons. The van der Waals surface area contributed by atoms with E-state index < -0.39 is 18.1 Å². The zero-order valence-corrected chi connectivity index (χ0v) is 13.6. The van der Waals surface area contributed by atoms with Gasteiger partial charge in [-0.05, 0) is 44.0 Å². The number of hydrogen-bond acceptors (Lipinski definition) is 2. The van der Waals surface area contributed by atoms with Crippen LogP contribution in [0.15, 0.2) is 24.3 Å². The van der Waals surface area contributed by atoms with Crippen molar-refractivity contribution in [3.8, 4) is 0 Å². The maximum Gasteiger partial charge on any atom is 0.393 e. The Balaban J connectivity index is 1.87. The van der Waals surface area contributed by atoms with E-state index >= 15 is 0 Å². The number of hydrogen-bond donors (Lipinski definition) is 1. The van der Waals surface area contributed by atoms with Gasteiger partial charge >= 0.3 is 6.18 Å². The fourth-order valence-electron chi connectivity index (χ4n) is 2.73. The van der Waals surface area contributed by atoms with Crippen LogP contribution in [-0.4, -0.2) is 36.1 Å². The number of halogens is 4. The number of nitrogens with zero attached hydrogens (tertiary/aromatic N) is 1. The number of carbonyl (C=O) groups excluding carboxylic acids is 1. The van der Waals surface area contributed by atoms with Crippen molar-refractivity contribution in [1.29, 1.82) is 0 Å². The Kier molecular flexibility index (Phi) is 5.92. The molecule has 1 aliphatic heterocycles. The van der Waals surface area contributed by atoms with Gasteiger partial charge in [0, 0.05) is 18.1 Å². The number of amides is 1. The number of nitrogens with one attached hydrogen (secondary N) is 1. The van der Waals surface area contributed by atoms with Gasteiger partial charge in [-0.1, -0.05) is 23.7 Å². The minimum Gasteiger partial charge on any atom is -0.351 e. The van der Waals surface area contributed by atoms with Gasteiger partial charge < -0.3 is 5.32 Å². The highest BCUT2D eigenvalue weighted by molar-refractivity contribution is 6.30. The minimum absolute atomic E-state index is 0.112. The summed E-state index contributed by atoms with van der Waals surface area (Å²) in [5, 5.41) is 3.38. The number of benzene rings is 1. The maximum absolute atomic E-state index is 12.8. The van der Waals surface area contributed by atoms with E-state index in [2.05, 4.69) is 5.32 Å². The van der Waals surface area contributed by atoms with Crippen LogP contribution in [-0.2, 0) is 11.3 Å². The molecule has 3 nitrogen and oxygen atoms in total. The summed E-state index contributed by atoms with van der Waals surface area (Å²) in [4.78, 5) is 13.8. The van der Waals surface area contributed by atoms with Crippen LogP contribution in [0.3, 0.4) is 0 Å². The van der Waals surface area contributed by atoms with E-state index in [4.69, 9.17) is 11.6 Å². The van der Waals surface area contributed by atoms with Crippen LogP contribution >= 0.6 is 11.6 Å². The third-order valence-electron chi connectivity index (χ3n) is 4.22. The van der Waals surface area contributed by atoms with Gasteiger partial charge in [0.05, 0.1) is 12.0 Å². The lowest BCUT2D eigenvalue weighted by molar-refractivity contribution is -0.188. The van der Waals surface area contributed by atoms with Gasteiger partial charge in [0.15, 0.2) is 0 Å². The summed E-state index contributed by atoms with van der Waals surface area (Å²) < 4.78 is 38.5. The molecule has 1 aromatic rings. The molecule has 0 unspecified atom stereocenters. The molecule has 1 aliphatic rings. The Morgan fingerprint density at radius 2 is 2.04 bits per heavy atom. The van der Waals surface area contributed by atoms with Crippen LogP contribution in [0.4, 0.5) is 13.2 Å². The van der Waals surface area contributed by atoms with Crippen LogP contribution in [0.25, 0.3) is 0 Å². The van der Waals surface area contributed by atoms with Gasteiger partial charge in [0.25, 0.3) is 0 Å². The highest BCUT2D eigenvalue weighted by atomic mass is 35.5. The molecule has 1 amide bonds. The Morgan fingerprint density at radius 1 is 1.39 bits per heavy atom. The van der Waals surface area contributed by atoms with E-state index in [9.17, 15) is 18.0 Å². The molecule has 7 heteroatoms. The lowest BCUT2D eigenvalue weighted by Crippen LogP contribution is -2.51. The summed E-state index contributed by atoms with van der Waals surface area (Å²) >= 11 is 5.79. The smallest absolute Gasteiger partial charge is 0.351 e. The van der Waals surface area contributed by atoms with Crippen molar-refractivity contribution in [2.45, 2.75) is 38.5 Å². The monoisotopic (exact) mass is 348 g/mol. The van der Waals surface area contributed by atoms with Crippen LogP contribution in [0.5, 0.6) is 0 Å². The molecular weight excluding hydrogens is 329 g/mol. The van der Waals surface area contributed by atoms with E-state index in [1.165, 1.54) is 0 Å². The van der Waals surface area contributed by atoms with E-state index in [0.717, 1.165) is 5.56 Å². The first kappa shape index (κ1) is 18.1. The van der Waals surface area contributed by atoms with Crippen molar-refractivity contribution in [1.82, 2.24) is 10.2 Å². The lowest BCUT2D eigenvalue weighted by Gasteiger charge is -2.36. The second-order valence-electron chi connectivity index (χ2n) is 5.90. The summed E-state index contributed by atoms with van der Waals surface area (Å²) in [7, 11) is 0. The number of carbonyl (C=O) groups is 1. The Labute approximate surface area is 138 Å². The van der Waals surface area contributed by atoms with Crippen LogP contribution in [0, 0.1) is 5.92 Å². The van der Waals surface area contributed by atoms with E-state index in [1.807, 2.05) is 0 Å². The molecular formula is C16H20ClF3N2O. The molecule has 0 aromatic heterocycles. The molecule has 1 heterocycles. The maximum atomic E-state index is 12.8. The first-order valence-corrected chi connectivity index (χ1v) is 7.98. The third-order valence-corrected chi connectivity index (χ3v) is 4.47. The molecule has 0 aliphatic carbocycles. The summed E-state index contributed by atoms with van der Waals surface area (Å²) in [5.41, 5.74) is 0.891. The van der Waals surface area contributed by atoms with Crippen LogP contribution in [0.2, 0.25) is 5.02 Å². The molecule has 0 saturated carbocycles. The molecule has 1 saturated heterocycles. The Hall–Kier alpha value is -1.27. The van der Waals surface area contributed by atoms with E-state index in [1.54, 1.807) is 36.1 Å². The molecule has 1 aromatic carbocycles. The summed E-state index contributed by atoms with van der Waals surface area (Å²) in [5.74, 6) is -1.61. The van der Waals surface area contributed by atoms with Crippen molar-refractivity contribution in [3.63, 3.8) is 0 Å². The van der Waals surface area contributed by atoms with Gasteiger partial charge in [-0.3, -0.25) is 9.69 Å². The average Bonchev–Trinajstić information content (AvgIpc) is 2.52. The highest BCUT2D eigenvalue weighted by Crippen LogP contribution is 2.33. The molecule has 1 fully saturated rings. The van der Waals surface area contributed by atoms with Gasteiger partial charge in [-0.2, -0.15) is 13.2 Å². The number of likely N-dealkylation sites (tertiary alicyclic amines) is 1. The predicted molar refractivity (Wildman–Crippen MR) is 83.1 cm³/mol. The first-order valence-electron chi connectivity index (χ1n) is 7.60. The van der Waals surface area contributed by atoms with Crippen molar-refractivity contribution in [3.05, 3.63) is 34.9 Å². The normalized spacial score (nSPS) is 21.0. The van der Waals surface area contributed by atoms with E-state index in [-0.39, 0.29) is 18.9 Å². The van der Waals surface area contributed by atoms with Gasteiger partial charge in [0.1, 0.15) is 0 Å². The third kappa shape index (κ3) is 5.11. The molecule has 0 bridgehead atoms. The first-order chi connectivity index (χ1) is 10.8. The SMILES string of the molecule is C[C@@H](C(=O)NCc1ccc(Cl)cc1)N1CCC[C@H](C(F)(F)F)C1. The van der Waals surface area contributed by atoms with Crippen molar-refractivity contribution in [2.75, 3.05) is 13.1 Å². The fourth-order valence-corrected chi connectivity index (χ4v) is 2.86. The zero-order chi connectivity index (χ0) is 17.0. The topological polar surface area (TPSA) is 32.3 Å². The quantitative estimate of drug-likeness (QED) is 0.901. The van der Waals surface area contributed by atoms with Crippen molar-refractivity contribution >= 4 is 17.5 Å².